The van der Waals surface area contributed by atoms with Crippen LogP contribution in [0.15, 0.2) is 23.4 Å². The zero-order valence-corrected chi connectivity index (χ0v) is 16.7. The minimum Gasteiger partial charge on any atom is -0.454 e. The van der Waals surface area contributed by atoms with Gasteiger partial charge in [0.25, 0.3) is 0 Å². The van der Waals surface area contributed by atoms with Gasteiger partial charge in [0.2, 0.25) is 18.6 Å². The lowest BCUT2D eigenvalue weighted by Crippen LogP contribution is -2.53. The average Bonchev–Trinajstić information content (AvgIpc) is 3.46. The molecule has 0 radical (unpaired) electrons. The van der Waals surface area contributed by atoms with Crippen molar-refractivity contribution in [3.8, 4) is 11.5 Å². The highest BCUT2D eigenvalue weighted by atomic mass is 16.7. The summed E-state index contributed by atoms with van der Waals surface area (Å²) in [5.41, 5.74) is 6.24. The highest BCUT2D eigenvalue weighted by molar-refractivity contribution is 6.02. The molecule has 3 aliphatic rings. The molecule has 4 rings (SSSR count). The van der Waals surface area contributed by atoms with Crippen LogP contribution in [0.2, 0.25) is 0 Å². The van der Waals surface area contributed by atoms with Crippen LogP contribution in [0.3, 0.4) is 0 Å². The molecule has 10 heteroatoms. The minimum absolute atomic E-state index is 0.204. The monoisotopic (exact) mass is 418 g/mol. The zero-order valence-electron chi connectivity index (χ0n) is 16.7. The van der Waals surface area contributed by atoms with Gasteiger partial charge in [-0.2, -0.15) is 0 Å². The number of carbonyl (C=O) groups excluding carboxylic acids is 2. The first-order valence-corrected chi connectivity index (χ1v) is 10.1. The molecule has 4 atom stereocenters. The molecule has 1 aromatic rings. The van der Waals surface area contributed by atoms with Crippen molar-refractivity contribution in [2.24, 2.45) is 10.9 Å². The number of hydrogen-bond acceptors (Lipinski definition) is 8. The Morgan fingerprint density at radius 2 is 2.20 bits per heavy atom. The molecule has 162 valence electrons. The Morgan fingerprint density at radius 1 is 1.40 bits per heavy atom. The topological polar surface area (TPSA) is 144 Å². The van der Waals surface area contributed by atoms with Gasteiger partial charge in [0.05, 0.1) is 17.8 Å². The first-order valence-electron chi connectivity index (χ1n) is 10.1. The quantitative estimate of drug-likeness (QED) is 0.479. The lowest BCUT2D eigenvalue weighted by Gasteiger charge is -2.24. The molecule has 0 saturated carbocycles. The molecular weight excluding hydrogens is 392 g/mol. The van der Waals surface area contributed by atoms with Crippen molar-refractivity contribution in [3.63, 3.8) is 0 Å². The molecule has 3 aliphatic heterocycles. The van der Waals surface area contributed by atoms with Crippen molar-refractivity contribution in [2.45, 2.75) is 56.4 Å². The third-order valence-corrected chi connectivity index (χ3v) is 5.71. The van der Waals surface area contributed by atoms with Crippen molar-refractivity contribution >= 4 is 17.5 Å². The number of nitrogens with zero attached hydrogens (tertiary/aromatic N) is 1. The van der Waals surface area contributed by atoms with Crippen molar-refractivity contribution in [1.29, 1.82) is 0 Å². The molecule has 1 aromatic carbocycles. The summed E-state index contributed by atoms with van der Waals surface area (Å²) >= 11 is 0. The highest BCUT2D eigenvalue weighted by Gasteiger charge is 2.48. The van der Waals surface area contributed by atoms with Gasteiger partial charge in [0.15, 0.2) is 23.2 Å². The van der Waals surface area contributed by atoms with Crippen molar-refractivity contribution < 1.29 is 29.0 Å². The SMILES string of the molecule is CCCC(NC(=O)[C@@H]1C[C@@]2(CN1)CC(c1ccc3c(c1)OCO3)=NO2)C(O)C(N)=O. The van der Waals surface area contributed by atoms with Gasteiger partial charge < -0.3 is 35.8 Å². The fraction of sp³-hybridized carbons (Fsp3) is 0.550. The minimum atomic E-state index is -1.42. The van der Waals surface area contributed by atoms with E-state index in [4.69, 9.17) is 20.0 Å². The Morgan fingerprint density at radius 3 is 2.97 bits per heavy atom. The molecule has 10 nitrogen and oxygen atoms in total. The van der Waals surface area contributed by atoms with Gasteiger partial charge in [-0.25, -0.2) is 0 Å². The largest absolute Gasteiger partial charge is 0.454 e. The lowest BCUT2D eigenvalue weighted by atomic mass is 9.91. The number of rotatable bonds is 7. The lowest BCUT2D eigenvalue weighted by molar-refractivity contribution is -0.130. The van der Waals surface area contributed by atoms with Gasteiger partial charge in [-0.15, -0.1) is 0 Å². The third kappa shape index (κ3) is 3.92. The van der Waals surface area contributed by atoms with Crippen LogP contribution in [-0.4, -0.2) is 59.8 Å². The molecule has 1 fully saturated rings. The predicted molar refractivity (Wildman–Crippen MR) is 106 cm³/mol. The van der Waals surface area contributed by atoms with Crippen LogP contribution in [0.5, 0.6) is 11.5 Å². The zero-order chi connectivity index (χ0) is 21.3. The van der Waals surface area contributed by atoms with E-state index < -0.39 is 29.7 Å². The number of ether oxygens (including phenoxy) is 2. The van der Waals surface area contributed by atoms with Crippen LogP contribution < -0.4 is 25.8 Å². The van der Waals surface area contributed by atoms with E-state index in [9.17, 15) is 14.7 Å². The molecule has 5 N–H and O–H groups in total. The van der Waals surface area contributed by atoms with Crippen LogP contribution in [0, 0.1) is 0 Å². The first kappa shape index (κ1) is 20.4. The summed E-state index contributed by atoms with van der Waals surface area (Å²) in [4.78, 5) is 29.8. The van der Waals surface area contributed by atoms with Gasteiger partial charge in [-0.1, -0.05) is 18.5 Å². The molecule has 2 amide bonds. The van der Waals surface area contributed by atoms with Crippen LogP contribution in [-0.2, 0) is 14.4 Å². The Balaban J connectivity index is 1.37. The predicted octanol–water partition coefficient (Wildman–Crippen LogP) is -0.228. The number of oxime groups is 1. The molecule has 1 saturated heterocycles. The Bertz CT molecular complexity index is 875. The van der Waals surface area contributed by atoms with E-state index in [0.29, 0.717) is 43.7 Å². The number of aliphatic hydroxyl groups is 1. The van der Waals surface area contributed by atoms with E-state index in [1.54, 1.807) is 0 Å². The number of hydrogen-bond donors (Lipinski definition) is 4. The fourth-order valence-electron chi connectivity index (χ4n) is 4.07. The number of aliphatic hydroxyl groups excluding tert-OH is 1. The summed E-state index contributed by atoms with van der Waals surface area (Å²) < 4.78 is 10.8. The molecule has 2 unspecified atom stereocenters. The number of carbonyl (C=O) groups is 2. The number of benzene rings is 1. The van der Waals surface area contributed by atoms with E-state index >= 15 is 0 Å². The van der Waals surface area contributed by atoms with Gasteiger partial charge in [0.1, 0.15) is 0 Å². The highest BCUT2D eigenvalue weighted by Crippen LogP contribution is 2.37. The van der Waals surface area contributed by atoms with E-state index in [2.05, 4.69) is 15.8 Å². The molecule has 0 bridgehead atoms. The molecular formula is C20H26N4O6. The second-order valence-corrected chi connectivity index (χ2v) is 7.95. The third-order valence-electron chi connectivity index (χ3n) is 5.71. The summed E-state index contributed by atoms with van der Waals surface area (Å²) in [5.74, 6) is 0.219. The summed E-state index contributed by atoms with van der Waals surface area (Å²) in [6.07, 6.45) is 0.676. The van der Waals surface area contributed by atoms with Crippen molar-refractivity contribution in [1.82, 2.24) is 10.6 Å². The number of fused-ring (bicyclic) bond motifs is 1. The van der Waals surface area contributed by atoms with E-state index in [-0.39, 0.29) is 12.7 Å². The Labute approximate surface area is 173 Å². The molecule has 30 heavy (non-hydrogen) atoms. The Hall–Kier alpha value is -2.85. The van der Waals surface area contributed by atoms with Gasteiger partial charge in [-0.05, 0) is 24.6 Å². The molecule has 0 aromatic heterocycles. The van der Waals surface area contributed by atoms with Crippen LogP contribution in [0.1, 0.15) is 38.2 Å². The summed E-state index contributed by atoms with van der Waals surface area (Å²) in [7, 11) is 0. The van der Waals surface area contributed by atoms with Crippen LogP contribution in [0.25, 0.3) is 0 Å². The smallest absolute Gasteiger partial charge is 0.248 e. The van der Waals surface area contributed by atoms with E-state index in [1.165, 1.54) is 0 Å². The summed E-state index contributed by atoms with van der Waals surface area (Å²) in [5, 5.41) is 20.1. The van der Waals surface area contributed by atoms with Gasteiger partial charge >= 0.3 is 0 Å². The summed E-state index contributed by atoms with van der Waals surface area (Å²) in [6.45, 7) is 2.56. The average molecular weight is 418 g/mol. The maximum absolute atomic E-state index is 12.7. The van der Waals surface area contributed by atoms with E-state index in [0.717, 1.165) is 11.3 Å². The first-order chi connectivity index (χ1) is 14.4. The number of nitrogens with one attached hydrogen (secondary N) is 2. The number of amides is 2. The molecule has 1 spiro atoms. The molecule has 0 aliphatic carbocycles. The normalized spacial score (nSPS) is 26.2. The molecule has 3 heterocycles. The van der Waals surface area contributed by atoms with E-state index in [1.807, 2.05) is 25.1 Å². The maximum Gasteiger partial charge on any atom is 0.248 e. The van der Waals surface area contributed by atoms with Crippen LogP contribution >= 0.6 is 0 Å². The van der Waals surface area contributed by atoms with Gasteiger partial charge in [0, 0.05) is 24.9 Å². The van der Waals surface area contributed by atoms with Crippen molar-refractivity contribution in [2.75, 3.05) is 13.3 Å². The number of nitrogens with two attached hydrogens (primary N) is 1. The van der Waals surface area contributed by atoms with Crippen LogP contribution in [0.4, 0.5) is 0 Å². The fourth-order valence-corrected chi connectivity index (χ4v) is 4.07. The second-order valence-electron chi connectivity index (χ2n) is 7.95. The standard InChI is InChI=1S/C20H26N4O6/c1-2-3-12(17(25)18(21)26)23-19(27)14-8-20(9-22-14)7-13(24-30-20)11-4-5-15-16(6-11)29-10-28-15/h4-6,12,14,17,22,25H,2-3,7-10H2,1H3,(H2,21,26)(H,23,27)/t12?,14-,17?,20+/m0/s1. The Kier molecular flexibility index (Phi) is 5.52. The van der Waals surface area contributed by atoms with Crippen molar-refractivity contribution in [3.05, 3.63) is 23.8 Å². The van der Waals surface area contributed by atoms with Gasteiger partial charge in [-0.3, -0.25) is 9.59 Å². The number of primary amides is 1. The summed E-state index contributed by atoms with van der Waals surface area (Å²) in [6, 6.07) is 4.38. The second kappa shape index (κ2) is 8.11. The maximum atomic E-state index is 12.7.